The molecule has 0 saturated heterocycles. The van der Waals surface area contributed by atoms with Crippen LogP contribution >= 0.6 is 0 Å². The lowest BCUT2D eigenvalue weighted by atomic mass is 9.93. The molecule has 4 nitrogen and oxygen atoms in total. The number of aromatic nitrogens is 1. The fourth-order valence-electron chi connectivity index (χ4n) is 2.97. The lowest BCUT2D eigenvalue weighted by molar-refractivity contribution is -0.136. The third-order valence-electron chi connectivity index (χ3n) is 4.31. The van der Waals surface area contributed by atoms with E-state index in [9.17, 15) is 28.2 Å². The van der Waals surface area contributed by atoms with E-state index in [4.69, 9.17) is 0 Å². The van der Waals surface area contributed by atoms with Gasteiger partial charge in [-0.25, -0.2) is 9.78 Å². The molecule has 0 aliphatic carbocycles. The Morgan fingerprint density at radius 1 is 1.36 bits per heavy atom. The summed E-state index contributed by atoms with van der Waals surface area (Å²) in [6, 6.07) is 3.14. The van der Waals surface area contributed by atoms with Gasteiger partial charge < -0.3 is 10.2 Å². The molecule has 1 aromatic carbocycles. The molecule has 0 radical (unpaired) electrons. The summed E-state index contributed by atoms with van der Waals surface area (Å²) >= 11 is 0. The predicted molar refractivity (Wildman–Crippen MR) is 101 cm³/mol. The van der Waals surface area contributed by atoms with E-state index in [1.165, 1.54) is 6.07 Å². The molecule has 0 amide bonds. The van der Waals surface area contributed by atoms with Crippen LogP contribution in [0, 0.1) is 0 Å². The molecule has 0 saturated carbocycles. The van der Waals surface area contributed by atoms with Crippen molar-refractivity contribution in [3.05, 3.63) is 71.5 Å². The number of rotatable bonds is 6. The van der Waals surface area contributed by atoms with Crippen molar-refractivity contribution in [1.29, 1.82) is 0 Å². The number of hydrogen-bond donors (Lipinski definition) is 2. The smallest absolute Gasteiger partial charge is 0.418 e. The number of carboxylic acid groups (broad SMARTS) is 1. The maximum absolute atomic E-state index is 13.4. The lowest BCUT2D eigenvalue weighted by Gasteiger charge is -2.18. The molecule has 0 aliphatic heterocycles. The fraction of sp³-hybridized carbons (Fsp3) is 0.238. The SMILES string of the molecule is C=C/C(=C\C=C/C)CC(C)c1nc2c(C(F)(F)F)cccc2c(C(=O)O)c1O. The number of alkyl halides is 3. The number of carboxylic acids is 1. The van der Waals surface area contributed by atoms with Gasteiger partial charge in [0.25, 0.3) is 0 Å². The third-order valence-corrected chi connectivity index (χ3v) is 4.31. The standard InChI is InChI=1S/C21H20F3NO3/c1-4-6-8-13(5-2)11-12(3)17-19(26)16(20(27)28)14-9-7-10-15(18(14)25-17)21(22,23)24/h4-10,12,26H,2,11H2,1,3H3,(H,27,28)/b6-4-,13-8+. The molecule has 1 atom stereocenters. The van der Waals surface area contributed by atoms with Gasteiger partial charge in [-0.2, -0.15) is 13.2 Å². The summed E-state index contributed by atoms with van der Waals surface area (Å²) in [5, 5.41) is 19.7. The first-order valence-electron chi connectivity index (χ1n) is 8.52. The number of fused-ring (bicyclic) bond motifs is 1. The number of halogens is 3. The van der Waals surface area contributed by atoms with E-state index in [0.717, 1.165) is 17.7 Å². The van der Waals surface area contributed by atoms with E-state index >= 15 is 0 Å². The first kappa shape index (κ1) is 21.2. The maximum atomic E-state index is 13.4. The summed E-state index contributed by atoms with van der Waals surface area (Å²) in [4.78, 5) is 15.7. The number of aromatic hydroxyl groups is 1. The van der Waals surface area contributed by atoms with Crippen LogP contribution in [0.15, 0.2) is 54.7 Å². The van der Waals surface area contributed by atoms with Crippen molar-refractivity contribution in [3.63, 3.8) is 0 Å². The van der Waals surface area contributed by atoms with Crippen LogP contribution in [0.1, 0.15) is 47.8 Å². The van der Waals surface area contributed by atoms with Gasteiger partial charge in [0, 0.05) is 11.3 Å². The van der Waals surface area contributed by atoms with Gasteiger partial charge in [0.05, 0.1) is 16.8 Å². The summed E-state index contributed by atoms with van der Waals surface area (Å²) < 4.78 is 40.2. The Kier molecular flexibility index (Phi) is 6.28. The van der Waals surface area contributed by atoms with Gasteiger partial charge in [-0.3, -0.25) is 0 Å². The molecule has 28 heavy (non-hydrogen) atoms. The number of aromatic carboxylic acids is 1. The second-order valence-corrected chi connectivity index (χ2v) is 6.30. The van der Waals surface area contributed by atoms with Crippen LogP contribution < -0.4 is 0 Å². The zero-order chi connectivity index (χ0) is 21.1. The summed E-state index contributed by atoms with van der Waals surface area (Å²) in [6.07, 6.45) is 2.56. The first-order chi connectivity index (χ1) is 13.1. The molecular formula is C21H20F3NO3. The van der Waals surface area contributed by atoms with E-state index in [1.807, 2.05) is 6.92 Å². The van der Waals surface area contributed by atoms with Crippen LogP contribution in [0.4, 0.5) is 13.2 Å². The highest BCUT2D eigenvalue weighted by molar-refractivity contribution is 6.06. The van der Waals surface area contributed by atoms with E-state index in [-0.39, 0.29) is 11.1 Å². The Labute approximate surface area is 160 Å². The van der Waals surface area contributed by atoms with Crippen molar-refractivity contribution in [2.75, 3.05) is 0 Å². The second-order valence-electron chi connectivity index (χ2n) is 6.30. The van der Waals surface area contributed by atoms with Crippen molar-refractivity contribution in [2.45, 2.75) is 32.4 Å². The minimum atomic E-state index is -4.71. The lowest BCUT2D eigenvalue weighted by Crippen LogP contribution is -2.11. The van der Waals surface area contributed by atoms with Crippen LogP contribution in [-0.4, -0.2) is 21.2 Å². The van der Waals surface area contributed by atoms with Gasteiger partial charge in [0.2, 0.25) is 0 Å². The average molecular weight is 391 g/mol. The van der Waals surface area contributed by atoms with Crippen LogP contribution in [-0.2, 0) is 6.18 Å². The minimum absolute atomic E-state index is 0.102. The zero-order valence-electron chi connectivity index (χ0n) is 15.4. The number of pyridine rings is 1. The Bertz CT molecular complexity index is 975. The number of benzene rings is 1. The van der Waals surface area contributed by atoms with E-state index < -0.39 is 40.5 Å². The van der Waals surface area contributed by atoms with Crippen LogP contribution in [0.3, 0.4) is 0 Å². The Morgan fingerprint density at radius 3 is 2.57 bits per heavy atom. The number of nitrogens with zero attached hydrogens (tertiary/aromatic N) is 1. The minimum Gasteiger partial charge on any atom is -0.505 e. The predicted octanol–water partition coefficient (Wildman–Crippen LogP) is 5.84. The average Bonchev–Trinajstić information content (AvgIpc) is 2.62. The third kappa shape index (κ3) is 4.24. The largest absolute Gasteiger partial charge is 0.505 e. The number of allylic oxidation sites excluding steroid dienone is 5. The first-order valence-corrected chi connectivity index (χ1v) is 8.52. The normalized spacial score (nSPS) is 13.8. The molecule has 0 aliphatic rings. The van der Waals surface area contributed by atoms with Crippen LogP contribution in [0.2, 0.25) is 0 Å². The highest BCUT2D eigenvalue weighted by Gasteiger charge is 2.35. The molecule has 7 heteroatoms. The molecular weight excluding hydrogens is 371 g/mol. The number of hydrogen-bond acceptors (Lipinski definition) is 3. The fourth-order valence-corrected chi connectivity index (χ4v) is 2.97. The molecule has 0 fully saturated rings. The summed E-state index contributed by atoms with van der Waals surface area (Å²) in [5.41, 5.74) is -1.46. The van der Waals surface area contributed by atoms with Crippen LogP contribution in [0.25, 0.3) is 10.9 Å². The van der Waals surface area contributed by atoms with Gasteiger partial charge in [-0.05, 0) is 25.0 Å². The molecule has 1 unspecified atom stereocenters. The molecule has 2 N–H and O–H groups in total. The van der Waals surface area contributed by atoms with Gasteiger partial charge in [0.1, 0.15) is 5.56 Å². The Hall–Kier alpha value is -3.09. The molecule has 2 aromatic rings. The van der Waals surface area contributed by atoms with Crippen molar-refractivity contribution in [1.82, 2.24) is 4.98 Å². The van der Waals surface area contributed by atoms with Gasteiger partial charge >= 0.3 is 12.1 Å². The van der Waals surface area contributed by atoms with Gasteiger partial charge in [-0.1, -0.05) is 49.9 Å². The molecule has 1 heterocycles. The zero-order valence-corrected chi connectivity index (χ0v) is 15.4. The van der Waals surface area contributed by atoms with E-state index in [2.05, 4.69) is 11.6 Å². The molecule has 2 rings (SSSR count). The summed E-state index contributed by atoms with van der Waals surface area (Å²) in [6.45, 7) is 7.18. The maximum Gasteiger partial charge on any atom is 0.418 e. The molecule has 148 valence electrons. The van der Waals surface area contributed by atoms with Crippen molar-refractivity contribution in [3.8, 4) is 5.75 Å². The summed E-state index contributed by atoms with van der Waals surface area (Å²) in [7, 11) is 0. The highest BCUT2D eigenvalue weighted by Crippen LogP contribution is 2.40. The van der Waals surface area contributed by atoms with Gasteiger partial charge in [-0.15, -0.1) is 0 Å². The monoisotopic (exact) mass is 391 g/mol. The van der Waals surface area contributed by atoms with Gasteiger partial charge in [0.15, 0.2) is 5.75 Å². The van der Waals surface area contributed by atoms with Crippen molar-refractivity contribution >= 4 is 16.9 Å². The second kappa shape index (κ2) is 8.29. The van der Waals surface area contributed by atoms with Crippen molar-refractivity contribution in [2.24, 2.45) is 0 Å². The highest BCUT2D eigenvalue weighted by atomic mass is 19.4. The quantitative estimate of drug-likeness (QED) is 0.607. The number of para-hydroxylation sites is 1. The van der Waals surface area contributed by atoms with E-state index in [1.54, 1.807) is 31.2 Å². The van der Waals surface area contributed by atoms with Crippen molar-refractivity contribution < 1.29 is 28.2 Å². The Morgan fingerprint density at radius 2 is 2.04 bits per heavy atom. The van der Waals surface area contributed by atoms with Crippen LogP contribution in [0.5, 0.6) is 5.75 Å². The summed E-state index contributed by atoms with van der Waals surface area (Å²) in [5.74, 6) is -2.69. The molecule has 1 aromatic heterocycles. The molecule has 0 bridgehead atoms. The topological polar surface area (TPSA) is 70.4 Å². The Balaban J connectivity index is 2.74. The number of carbonyl (C=O) groups is 1. The molecule has 0 spiro atoms. The van der Waals surface area contributed by atoms with E-state index in [0.29, 0.717) is 6.42 Å².